The molecule has 0 spiro atoms. The molecule has 1 aliphatic carbocycles. The van der Waals surface area contributed by atoms with Crippen LogP contribution >= 0.6 is 0 Å². The third-order valence-corrected chi connectivity index (χ3v) is 4.94. The van der Waals surface area contributed by atoms with E-state index in [-0.39, 0.29) is 6.10 Å². The molecule has 0 aromatic carbocycles. The number of hydrogen-bond donors (Lipinski definition) is 2. The molecule has 0 aromatic heterocycles. The van der Waals surface area contributed by atoms with E-state index in [1.165, 1.54) is 32.2 Å². The number of rotatable bonds is 6. The zero-order chi connectivity index (χ0) is 13.8. The summed E-state index contributed by atoms with van der Waals surface area (Å²) in [5.74, 6) is 1.22. The fraction of sp³-hybridized carbons (Fsp3) is 1.00. The maximum absolute atomic E-state index is 9.94. The maximum Gasteiger partial charge on any atom is 0.0553 e. The first-order chi connectivity index (χ1) is 9.06. The average Bonchev–Trinajstić information content (AvgIpc) is 2.25. The zero-order valence-corrected chi connectivity index (χ0v) is 12.9. The lowest BCUT2D eigenvalue weighted by molar-refractivity contribution is 0.0106. The molecule has 0 radical (unpaired) electrons. The highest BCUT2D eigenvalue weighted by molar-refractivity contribution is 4.91. The van der Waals surface area contributed by atoms with Gasteiger partial charge in [-0.2, -0.15) is 0 Å². The highest BCUT2D eigenvalue weighted by Gasteiger charge is 2.34. The van der Waals surface area contributed by atoms with Gasteiger partial charge in [-0.25, -0.2) is 0 Å². The molecule has 0 bridgehead atoms. The van der Waals surface area contributed by atoms with E-state index in [9.17, 15) is 5.11 Å². The minimum atomic E-state index is -0.169. The molecule has 112 valence electrons. The van der Waals surface area contributed by atoms with Crippen molar-refractivity contribution in [3.05, 3.63) is 0 Å². The molecular formula is C16H32N2O. The second-order valence-corrected chi connectivity index (χ2v) is 7.11. The second kappa shape index (κ2) is 7.05. The molecule has 3 atom stereocenters. The fourth-order valence-corrected chi connectivity index (χ4v) is 3.30. The van der Waals surface area contributed by atoms with E-state index in [2.05, 4.69) is 24.1 Å². The van der Waals surface area contributed by atoms with E-state index in [1.54, 1.807) is 0 Å². The van der Waals surface area contributed by atoms with E-state index in [0.29, 0.717) is 12.0 Å². The molecule has 0 aromatic rings. The number of hydrogen-bond acceptors (Lipinski definition) is 3. The number of aliphatic hydroxyl groups is 1. The summed E-state index contributed by atoms with van der Waals surface area (Å²) < 4.78 is 0. The van der Waals surface area contributed by atoms with Crippen molar-refractivity contribution in [1.29, 1.82) is 0 Å². The largest absolute Gasteiger partial charge is 0.393 e. The first-order valence-corrected chi connectivity index (χ1v) is 8.21. The predicted octanol–water partition coefficient (Wildman–Crippen LogP) is 2.25. The van der Waals surface area contributed by atoms with Crippen molar-refractivity contribution in [2.75, 3.05) is 19.6 Å². The molecule has 0 amide bonds. The van der Waals surface area contributed by atoms with Gasteiger partial charge in [0.2, 0.25) is 0 Å². The Bertz CT molecular complexity index is 263. The van der Waals surface area contributed by atoms with Crippen LogP contribution in [0.5, 0.6) is 0 Å². The highest BCUT2D eigenvalue weighted by atomic mass is 16.3. The van der Waals surface area contributed by atoms with Crippen LogP contribution in [0.1, 0.15) is 52.9 Å². The van der Waals surface area contributed by atoms with Crippen molar-refractivity contribution in [3.8, 4) is 0 Å². The Kier molecular flexibility index (Phi) is 5.67. The second-order valence-electron chi connectivity index (χ2n) is 7.11. The van der Waals surface area contributed by atoms with E-state index < -0.39 is 0 Å². The molecule has 1 saturated carbocycles. The highest BCUT2D eigenvalue weighted by Crippen LogP contribution is 2.30. The van der Waals surface area contributed by atoms with Gasteiger partial charge in [-0.1, -0.05) is 20.3 Å². The maximum atomic E-state index is 9.94. The molecule has 3 heteroatoms. The fourth-order valence-electron chi connectivity index (χ4n) is 3.30. The van der Waals surface area contributed by atoms with E-state index >= 15 is 0 Å². The normalized spacial score (nSPS) is 31.4. The van der Waals surface area contributed by atoms with Gasteiger partial charge in [0.25, 0.3) is 0 Å². The van der Waals surface area contributed by atoms with Gasteiger partial charge in [0.1, 0.15) is 0 Å². The Morgan fingerprint density at radius 3 is 2.47 bits per heavy atom. The number of nitrogens with one attached hydrogen (secondary N) is 1. The van der Waals surface area contributed by atoms with Gasteiger partial charge in [-0.05, 0) is 51.0 Å². The van der Waals surface area contributed by atoms with Gasteiger partial charge < -0.3 is 10.4 Å². The summed E-state index contributed by atoms with van der Waals surface area (Å²) in [7, 11) is 0. The van der Waals surface area contributed by atoms with Crippen LogP contribution in [0.3, 0.4) is 0 Å². The van der Waals surface area contributed by atoms with Crippen molar-refractivity contribution < 1.29 is 5.11 Å². The topological polar surface area (TPSA) is 35.5 Å². The smallest absolute Gasteiger partial charge is 0.0553 e. The van der Waals surface area contributed by atoms with Crippen molar-refractivity contribution in [2.45, 2.75) is 71.1 Å². The monoisotopic (exact) mass is 268 g/mol. The molecule has 1 saturated heterocycles. The molecule has 3 unspecified atom stereocenters. The van der Waals surface area contributed by atoms with Crippen LogP contribution in [-0.2, 0) is 0 Å². The number of likely N-dealkylation sites (tertiary alicyclic amines) is 1. The number of aliphatic hydroxyl groups excluding tert-OH is 1. The third-order valence-electron chi connectivity index (χ3n) is 4.94. The summed E-state index contributed by atoms with van der Waals surface area (Å²) in [6.45, 7) is 9.92. The molecule has 1 heterocycles. The van der Waals surface area contributed by atoms with Crippen LogP contribution in [0.25, 0.3) is 0 Å². The summed E-state index contributed by atoms with van der Waals surface area (Å²) in [5.41, 5.74) is 0. The first-order valence-electron chi connectivity index (χ1n) is 8.21. The van der Waals surface area contributed by atoms with Crippen LogP contribution in [0.4, 0.5) is 0 Å². The molecule has 2 rings (SSSR count). The average molecular weight is 268 g/mol. The Balaban J connectivity index is 1.83. The van der Waals surface area contributed by atoms with E-state index in [4.69, 9.17) is 0 Å². The minimum absolute atomic E-state index is 0.169. The quantitative estimate of drug-likeness (QED) is 0.775. The summed E-state index contributed by atoms with van der Waals surface area (Å²) in [6.07, 6.45) is 6.35. The number of piperidine rings is 1. The van der Waals surface area contributed by atoms with Gasteiger partial charge in [0.15, 0.2) is 0 Å². The van der Waals surface area contributed by atoms with Crippen LogP contribution in [-0.4, -0.2) is 47.8 Å². The summed E-state index contributed by atoms with van der Waals surface area (Å²) in [6, 6.07) is 1.38. The van der Waals surface area contributed by atoms with Crippen molar-refractivity contribution in [2.24, 2.45) is 11.8 Å². The minimum Gasteiger partial charge on any atom is -0.393 e. The third kappa shape index (κ3) is 4.44. The lowest BCUT2D eigenvalue weighted by Crippen LogP contribution is -2.56. The van der Waals surface area contributed by atoms with E-state index in [0.717, 1.165) is 31.5 Å². The molecule has 2 N–H and O–H groups in total. The lowest BCUT2D eigenvalue weighted by atomic mass is 9.84. The Morgan fingerprint density at radius 1 is 1.21 bits per heavy atom. The number of nitrogens with zero attached hydrogens (tertiary/aromatic N) is 1. The SMILES string of the molecule is CC(C)CCNC1CC(C(C)O)CN(C2CCC2)C1. The van der Waals surface area contributed by atoms with Gasteiger partial charge in [-0.15, -0.1) is 0 Å². The van der Waals surface area contributed by atoms with Gasteiger partial charge in [0.05, 0.1) is 6.10 Å². The van der Waals surface area contributed by atoms with Crippen LogP contribution < -0.4 is 5.32 Å². The van der Waals surface area contributed by atoms with Crippen molar-refractivity contribution >= 4 is 0 Å². The summed E-state index contributed by atoms with van der Waals surface area (Å²) in [5, 5.41) is 13.7. The van der Waals surface area contributed by atoms with Crippen LogP contribution in [0.15, 0.2) is 0 Å². The molecule has 2 aliphatic rings. The lowest BCUT2D eigenvalue weighted by Gasteiger charge is -2.46. The zero-order valence-electron chi connectivity index (χ0n) is 12.9. The van der Waals surface area contributed by atoms with Crippen LogP contribution in [0.2, 0.25) is 0 Å². The Hall–Kier alpha value is -0.120. The molecule has 1 aliphatic heterocycles. The molecule has 19 heavy (non-hydrogen) atoms. The molecule has 2 fully saturated rings. The molecular weight excluding hydrogens is 236 g/mol. The van der Waals surface area contributed by atoms with Gasteiger partial charge in [0, 0.05) is 25.2 Å². The Morgan fingerprint density at radius 2 is 1.95 bits per heavy atom. The van der Waals surface area contributed by atoms with Crippen molar-refractivity contribution in [3.63, 3.8) is 0 Å². The van der Waals surface area contributed by atoms with Crippen LogP contribution in [0, 0.1) is 11.8 Å². The Labute approximate surface area is 118 Å². The standard InChI is InChI=1S/C16H32N2O/c1-12(2)7-8-17-15-9-14(13(3)19)10-18(11-15)16-5-4-6-16/h12-17,19H,4-11H2,1-3H3. The van der Waals surface area contributed by atoms with E-state index in [1.807, 2.05) is 6.92 Å². The van der Waals surface area contributed by atoms with Gasteiger partial charge >= 0.3 is 0 Å². The predicted molar refractivity (Wildman–Crippen MR) is 80.2 cm³/mol. The molecule has 3 nitrogen and oxygen atoms in total. The summed E-state index contributed by atoms with van der Waals surface area (Å²) in [4.78, 5) is 2.64. The van der Waals surface area contributed by atoms with Gasteiger partial charge in [-0.3, -0.25) is 4.90 Å². The summed E-state index contributed by atoms with van der Waals surface area (Å²) >= 11 is 0. The van der Waals surface area contributed by atoms with Crippen molar-refractivity contribution in [1.82, 2.24) is 10.2 Å². The first kappa shape index (κ1) is 15.3.